The second-order valence-corrected chi connectivity index (χ2v) is 6.04. The maximum atomic E-state index is 12.5. The molecule has 2 aromatic rings. The number of nitrogens with one attached hydrogen (secondary N) is 1. The van der Waals surface area contributed by atoms with E-state index in [0.29, 0.717) is 5.56 Å². The number of pyridine rings is 1. The molecular formula is C18H22N2O2. The lowest BCUT2D eigenvalue weighted by molar-refractivity contribution is -0.130. The van der Waals surface area contributed by atoms with E-state index in [4.69, 9.17) is 0 Å². The first-order valence-corrected chi connectivity index (χ1v) is 8.13. The number of carbonyl (C=O) groups is 1. The molecule has 0 unspecified atom stereocenters. The van der Waals surface area contributed by atoms with Gasteiger partial charge in [0.2, 0.25) is 5.91 Å². The van der Waals surface area contributed by atoms with E-state index in [1.807, 2.05) is 35.2 Å². The minimum absolute atomic E-state index is 0.0719. The number of benzene rings is 1. The summed E-state index contributed by atoms with van der Waals surface area (Å²) in [6.07, 6.45) is 5.99. The van der Waals surface area contributed by atoms with Gasteiger partial charge in [0, 0.05) is 24.2 Å². The maximum Gasteiger partial charge on any atom is 0.252 e. The molecule has 1 N–H and O–H groups in total. The van der Waals surface area contributed by atoms with Crippen LogP contribution in [0.4, 0.5) is 0 Å². The molecule has 1 amide bonds. The lowest BCUT2D eigenvalue weighted by Gasteiger charge is -2.24. The zero-order valence-corrected chi connectivity index (χ0v) is 12.8. The van der Waals surface area contributed by atoms with Gasteiger partial charge in [0.1, 0.15) is 0 Å². The molecule has 1 aliphatic rings. The summed E-state index contributed by atoms with van der Waals surface area (Å²) in [6.45, 7) is 1.65. The molecule has 0 spiro atoms. The van der Waals surface area contributed by atoms with Crippen LogP contribution in [0.3, 0.4) is 0 Å². The molecule has 3 rings (SSSR count). The molecular weight excluding hydrogens is 276 g/mol. The van der Waals surface area contributed by atoms with Gasteiger partial charge in [-0.1, -0.05) is 37.5 Å². The Kier molecular flexibility index (Phi) is 4.56. The summed E-state index contributed by atoms with van der Waals surface area (Å²) in [5, 5.41) is 0.970. The Morgan fingerprint density at radius 3 is 2.50 bits per heavy atom. The first kappa shape index (κ1) is 14.8. The quantitative estimate of drug-likeness (QED) is 0.927. The Morgan fingerprint density at radius 2 is 1.73 bits per heavy atom. The van der Waals surface area contributed by atoms with Crippen LogP contribution in [0.15, 0.2) is 35.1 Å². The van der Waals surface area contributed by atoms with E-state index in [9.17, 15) is 9.59 Å². The van der Waals surface area contributed by atoms with Crippen molar-refractivity contribution in [2.24, 2.45) is 0 Å². The van der Waals surface area contributed by atoms with Crippen LogP contribution >= 0.6 is 0 Å². The van der Waals surface area contributed by atoms with Crippen LogP contribution in [0.1, 0.15) is 37.7 Å². The van der Waals surface area contributed by atoms with Crippen molar-refractivity contribution >= 4 is 16.8 Å². The summed E-state index contributed by atoms with van der Waals surface area (Å²) < 4.78 is 0. The molecule has 0 atom stereocenters. The fourth-order valence-corrected chi connectivity index (χ4v) is 3.10. The monoisotopic (exact) mass is 298 g/mol. The highest BCUT2D eigenvalue weighted by Gasteiger charge is 2.16. The van der Waals surface area contributed by atoms with Crippen LogP contribution in [-0.4, -0.2) is 28.9 Å². The average Bonchev–Trinajstić information content (AvgIpc) is 2.47. The molecule has 116 valence electrons. The number of hydrogen-bond acceptors (Lipinski definition) is 2. The molecule has 0 bridgehead atoms. The summed E-state index contributed by atoms with van der Waals surface area (Å²) in [5.74, 6) is 0.0719. The van der Waals surface area contributed by atoms with Gasteiger partial charge in [0.05, 0.1) is 6.42 Å². The fourth-order valence-electron chi connectivity index (χ4n) is 3.10. The fraction of sp³-hybridized carbons (Fsp3) is 0.444. The van der Waals surface area contributed by atoms with Gasteiger partial charge < -0.3 is 9.88 Å². The molecule has 4 nitrogen and oxygen atoms in total. The number of hydrogen-bond donors (Lipinski definition) is 1. The van der Waals surface area contributed by atoms with Gasteiger partial charge in [-0.2, -0.15) is 0 Å². The number of nitrogens with zero attached hydrogens (tertiary/aromatic N) is 1. The van der Waals surface area contributed by atoms with Gasteiger partial charge in [0.25, 0.3) is 5.56 Å². The predicted molar refractivity (Wildman–Crippen MR) is 87.9 cm³/mol. The molecule has 0 saturated carbocycles. The second-order valence-electron chi connectivity index (χ2n) is 6.04. The van der Waals surface area contributed by atoms with Crippen molar-refractivity contribution in [3.63, 3.8) is 0 Å². The number of fused-ring (bicyclic) bond motifs is 1. The third kappa shape index (κ3) is 3.38. The highest BCUT2D eigenvalue weighted by molar-refractivity contribution is 5.82. The van der Waals surface area contributed by atoms with Gasteiger partial charge in [-0.05, 0) is 30.4 Å². The van der Waals surface area contributed by atoms with Crippen LogP contribution in [0.5, 0.6) is 0 Å². The first-order chi connectivity index (χ1) is 10.7. The van der Waals surface area contributed by atoms with Gasteiger partial charge in [-0.25, -0.2) is 0 Å². The highest BCUT2D eigenvalue weighted by atomic mass is 16.2. The summed E-state index contributed by atoms with van der Waals surface area (Å²) in [6, 6.07) is 9.50. The van der Waals surface area contributed by atoms with Gasteiger partial charge >= 0.3 is 0 Å². The van der Waals surface area contributed by atoms with E-state index in [1.54, 1.807) is 0 Å². The van der Waals surface area contributed by atoms with Gasteiger partial charge in [-0.3, -0.25) is 9.59 Å². The van der Waals surface area contributed by atoms with Gasteiger partial charge in [-0.15, -0.1) is 0 Å². The Bertz CT molecular complexity index is 712. The Balaban J connectivity index is 1.78. The standard InChI is InChI=1S/C18H22N2O2/c21-17(20-10-6-2-1-3-7-11-20)13-15-12-14-8-4-5-9-16(14)19-18(15)22/h4-5,8-9,12H,1-3,6-7,10-11,13H2,(H,19,22). The van der Waals surface area contributed by atoms with E-state index in [0.717, 1.165) is 36.8 Å². The van der Waals surface area contributed by atoms with Crippen molar-refractivity contribution in [1.82, 2.24) is 9.88 Å². The number of H-pyrrole nitrogens is 1. The predicted octanol–water partition coefficient (Wildman–Crippen LogP) is 2.86. The normalized spacial score (nSPS) is 16.3. The number of aromatic amines is 1. The molecule has 1 fully saturated rings. The number of carbonyl (C=O) groups excluding carboxylic acids is 1. The number of rotatable bonds is 2. The van der Waals surface area contributed by atoms with Crippen molar-refractivity contribution in [2.45, 2.75) is 38.5 Å². The minimum atomic E-state index is -0.154. The van der Waals surface area contributed by atoms with Crippen LogP contribution in [0.2, 0.25) is 0 Å². The number of amides is 1. The largest absolute Gasteiger partial charge is 0.342 e. The zero-order valence-electron chi connectivity index (χ0n) is 12.8. The molecule has 22 heavy (non-hydrogen) atoms. The van der Waals surface area contributed by atoms with Crippen LogP contribution in [-0.2, 0) is 11.2 Å². The second kappa shape index (κ2) is 6.77. The van der Waals surface area contributed by atoms with E-state index in [2.05, 4.69) is 4.98 Å². The molecule has 1 saturated heterocycles. The molecule has 0 radical (unpaired) electrons. The molecule has 1 aromatic heterocycles. The summed E-state index contributed by atoms with van der Waals surface area (Å²) in [7, 11) is 0. The average molecular weight is 298 g/mol. The molecule has 0 aliphatic carbocycles. The third-order valence-electron chi connectivity index (χ3n) is 4.38. The Morgan fingerprint density at radius 1 is 1.05 bits per heavy atom. The van der Waals surface area contributed by atoms with Crippen LogP contribution < -0.4 is 5.56 Å². The molecule has 1 aromatic carbocycles. The smallest absolute Gasteiger partial charge is 0.252 e. The van der Waals surface area contributed by atoms with E-state index in [1.165, 1.54) is 19.3 Å². The Labute approximate surface area is 130 Å². The van der Waals surface area contributed by atoms with Crippen LogP contribution in [0.25, 0.3) is 10.9 Å². The summed E-state index contributed by atoms with van der Waals surface area (Å²) in [5.41, 5.74) is 1.22. The van der Waals surface area contributed by atoms with Crippen LogP contribution in [0, 0.1) is 0 Å². The topological polar surface area (TPSA) is 53.2 Å². The highest BCUT2D eigenvalue weighted by Crippen LogP contribution is 2.13. The zero-order chi connectivity index (χ0) is 15.4. The summed E-state index contributed by atoms with van der Waals surface area (Å²) in [4.78, 5) is 29.4. The van der Waals surface area contributed by atoms with E-state index in [-0.39, 0.29) is 17.9 Å². The lowest BCUT2D eigenvalue weighted by atomic mass is 10.1. The van der Waals surface area contributed by atoms with Crippen molar-refractivity contribution in [2.75, 3.05) is 13.1 Å². The number of likely N-dealkylation sites (tertiary alicyclic amines) is 1. The molecule has 2 heterocycles. The number of para-hydroxylation sites is 1. The van der Waals surface area contributed by atoms with E-state index < -0.39 is 0 Å². The van der Waals surface area contributed by atoms with Crippen molar-refractivity contribution in [3.8, 4) is 0 Å². The van der Waals surface area contributed by atoms with E-state index >= 15 is 0 Å². The first-order valence-electron chi connectivity index (χ1n) is 8.13. The maximum absolute atomic E-state index is 12.5. The third-order valence-corrected chi connectivity index (χ3v) is 4.38. The van der Waals surface area contributed by atoms with Crippen molar-refractivity contribution in [3.05, 3.63) is 46.2 Å². The SMILES string of the molecule is O=C(Cc1cc2ccccc2[nH]c1=O)N1CCCCCCC1. The van der Waals surface area contributed by atoms with Gasteiger partial charge in [0.15, 0.2) is 0 Å². The molecule has 4 heteroatoms. The van der Waals surface area contributed by atoms with Crippen molar-refractivity contribution < 1.29 is 4.79 Å². The lowest BCUT2D eigenvalue weighted by Crippen LogP contribution is -2.36. The number of aromatic nitrogens is 1. The van der Waals surface area contributed by atoms with Crippen molar-refractivity contribution in [1.29, 1.82) is 0 Å². The molecule has 1 aliphatic heterocycles. The summed E-state index contributed by atoms with van der Waals surface area (Å²) >= 11 is 0. The minimum Gasteiger partial charge on any atom is -0.342 e. The Hall–Kier alpha value is -2.10.